The number of esters is 1. The fourth-order valence-electron chi connectivity index (χ4n) is 7.65. The Hall–Kier alpha value is -1.07. The topological polar surface area (TPSA) is 157 Å². The first kappa shape index (κ1) is 27.0. The van der Waals surface area contributed by atoms with Gasteiger partial charge in [0.25, 0.3) is 0 Å². The maximum atomic E-state index is 13.6. The van der Waals surface area contributed by atoms with E-state index in [2.05, 4.69) is 13.0 Å². The molecule has 2 saturated carbocycles. The summed E-state index contributed by atoms with van der Waals surface area (Å²) in [4.78, 5) is 13.6. The molecule has 3 aliphatic carbocycles. The highest BCUT2D eigenvalue weighted by Gasteiger charge is 2.60. The van der Waals surface area contributed by atoms with Crippen molar-refractivity contribution in [3.05, 3.63) is 11.6 Å². The molecule has 0 spiro atoms. The Kier molecular flexibility index (Phi) is 7.45. The Morgan fingerprint density at radius 2 is 1.80 bits per heavy atom. The summed E-state index contributed by atoms with van der Waals surface area (Å²) < 4.78 is 11.1. The molecule has 200 valence electrons. The van der Waals surface area contributed by atoms with Gasteiger partial charge in [-0.05, 0) is 62.7 Å². The van der Waals surface area contributed by atoms with E-state index in [1.807, 2.05) is 13.8 Å². The minimum Gasteiger partial charge on any atom is -0.432 e. The van der Waals surface area contributed by atoms with Gasteiger partial charge in [0.1, 0.15) is 24.4 Å². The quantitative estimate of drug-likeness (QED) is 0.236. The van der Waals surface area contributed by atoms with Gasteiger partial charge >= 0.3 is 5.97 Å². The van der Waals surface area contributed by atoms with Gasteiger partial charge in [0.05, 0.1) is 24.7 Å². The van der Waals surface area contributed by atoms with Crippen molar-refractivity contribution in [3.63, 3.8) is 0 Å². The van der Waals surface area contributed by atoms with Gasteiger partial charge in [-0.3, -0.25) is 4.79 Å². The van der Waals surface area contributed by atoms with Crippen molar-refractivity contribution in [1.82, 2.24) is 0 Å². The minimum absolute atomic E-state index is 0.0374. The first-order valence-electron chi connectivity index (χ1n) is 12.9. The van der Waals surface area contributed by atoms with Gasteiger partial charge < -0.3 is 40.1 Å². The van der Waals surface area contributed by atoms with Crippen LogP contribution in [0.1, 0.15) is 65.7 Å². The highest BCUT2D eigenvalue weighted by atomic mass is 16.7. The maximum absolute atomic E-state index is 13.6. The number of rotatable bonds is 5. The second-order valence-corrected chi connectivity index (χ2v) is 12.0. The van der Waals surface area contributed by atoms with Crippen molar-refractivity contribution in [2.24, 2.45) is 28.1 Å². The summed E-state index contributed by atoms with van der Waals surface area (Å²) in [7, 11) is 0. The predicted molar refractivity (Wildman–Crippen MR) is 125 cm³/mol. The van der Waals surface area contributed by atoms with Gasteiger partial charge in [0.15, 0.2) is 0 Å². The summed E-state index contributed by atoms with van der Waals surface area (Å²) in [6.07, 6.45) is -0.293. The lowest BCUT2D eigenvalue weighted by atomic mass is 9.45. The molecule has 6 N–H and O–H groups in total. The van der Waals surface area contributed by atoms with Crippen molar-refractivity contribution in [1.29, 1.82) is 0 Å². The molecule has 0 unspecified atom stereocenters. The summed E-state index contributed by atoms with van der Waals surface area (Å²) in [6, 6.07) is 0. The molecule has 35 heavy (non-hydrogen) atoms. The van der Waals surface area contributed by atoms with Gasteiger partial charge in [-0.25, -0.2) is 0 Å². The van der Waals surface area contributed by atoms with Gasteiger partial charge in [-0.2, -0.15) is 0 Å². The number of fused-ring (bicyclic) bond motifs is 3. The van der Waals surface area contributed by atoms with Crippen molar-refractivity contribution < 1.29 is 44.9 Å². The van der Waals surface area contributed by atoms with E-state index in [4.69, 9.17) is 9.47 Å². The second kappa shape index (κ2) is 9.67. The van der Waals surface area contributed by atoms with Crippen LogP contribution in [0.4, 0.5) is 0 Å². The van der Waals surface area contributed by atoms with E-state index in [1.165, 1.54) is 5.57 Å². The summed E-state index contributed by atoms with van der Waals surface area (Å²) >= 11 is 0. The average molecular weight is 499 g/mol. The third-order valence-corrected chi connectivity index (χ3v) is 9.90. The molecule has 1 saturated heterocycles. The lowest BCUT2D eigenvalue weighted by Gasteiger charge is -2.59. The van der Waals surface area contributed by atoms with Crippen LogP contribution in [0, 0.1) is 28.1 Å². The number of carbonyl (C=O) groups excluding carboxylic acids is 1. The zero-order chi connectivity index (χ0) is 25.8. The van der Waals surface area contributed by atoms with E-state index >= 15 is 0 Å². The van der Waals surface area contributed by atoms with Crippen LogP contribution in [-0.4, -0.2) is 86.6 Å². The van der Waals surface area contributed by atoms with Gasteiger partial charge in [-0.1, -0.05) is 31.9 Å². The maximum Gasteiger partial charge on any atom is 0.314 e. The van der Waals surface area contributed by atoms with Crippen molar-refractivity contribution in [2.75, 3.05) is 13.2 Å². The Balaban J connectivity index is 1.55. The highest BCUT2D eigenvalue weighted by molar-refractivity contribution is 5.77. The fraction of sp³-hybridized carbons (Fsp3) is 0.885. The van der Waals surface area contributed by atoms with Crippen LogP contribution in [-0.2, 0) is 14.3 Å². The molecule has 0 radical (unpaired) electrons. The number of aliphatic hydroxyl groups is 6. The van der Waals surface area contributed by atoms with Crippen LogP contribution in [0.3, 0.4) is 0 Å². The zero-order valence-electron chi connectivity index (χ0n) is 21.0. The molecule has 1 heterocycles. The molecule has 0 amide bonds. The molecule has 3 fully saturated rings. The van der Waals surface area contributed by atoms with Crippen LogP contribution in [0.15, 0.2) is 11.6 Å². The first-order chi connectivity index (χ1) is 16.4. The summed E-state index contributed by atoms with van der Waals surface area (Å²) in [6.45, 7) is 5.30. The Labute approximate surface area is 206 Å². The first-order valence-corrected chi connectivity index (χ1v) is 12.9. The van der Waals surface area contributed by atoms with Crippen LogP contribution >= 0.6 is 0 Å². The number of aliphatic hydroxyl groups excluding tert-OH is 6. The SMILES string of the molecule is C[C@@]12CCC[C@@](C)(C(=O)O[C@H]3O[C@H](CO)[C@@H](O)[C@H](O)[C@H]3O)[C@H]1CCC1=C[C@@](C)([C@@H](O)CO)CC[C@H]12. The van der Waals surface area contributed by atoms with Crippen LogP contribution in [0.25, 0.3) is 0 Å². The second-order valence-electron chi connectivity index (χ2n) is 12.0. The summed E-state index contributed by atoms with van der Waals surface area (Å²) in [5, 5.41) is 59.9. The van der Waals surface area contributed by atoms with E-state index in [0.29, 0.717) is 6.42 Å². The van der Waals surface area contributed by atoms with Gasteiger partial charge in [0.2, 0.25) is 6.29 Å². The molecule has 11 atom stereocenters. The molecule has 0 bridgehead atoms. The van der Waals surface area contributed by atoms with E-state index in [0.717, 1.165) is 38.5 Å². The van der Waals surface area contributed by atoms with Crippen molar-refractivity contribution in [2.45, 2.75) is 103 Å². The van der Waals surface area contributed by atoms with Gasteiger partial charge in [-0.15, -0.1) is 0 Å². The van der Waals surface area contributed by atoms with E-state index in [1.54, 1.807) is 0 Å². The van der Waals surface area contributed by atoms with Crippen molar-refractivity contribution in [3.8, 4) is 0 Å². The normalized spacial score (nSPS) is 48.8. The largest absolute Gasteiger partial charge is 0.432 e. The molecule has 0 aromatic carbocycles. The van der Waals surface area contributed by atoms with E-state index in [-0.39, 0.29) is 23.9 Å². The predicted octanol–water partition coefficient (Wildman–Crippen LogP) is 0.632. The fourth-order valence-corrected chi connectivity index (χ4v) is 7.65. The number of allylic oxidation sites excluding steroid dienone is 1. The highest BCUT2D eigenvalue weighted by Crippen LogP contribution is 2.64. The van der Waals surface area contributed by atoms with Crippen LogP contribution < -0.4 is 0 Å². The number of hydrogen-bond acceptors (Lipinski definition) is 9. The smallest absolute Gasteiger partial charge is 0.314 e. The molecular weight excluding hydrogens is 456 g/mol. The molecule has 0 aromatic rings. The number of hydrogen-bond donors (Lipinski definition) is 6. The number of ether oxygens (including phenoxy) is 2. The van der Waals surface area contributed by atoms with Crippen molar-refractivity contribution >= 4 is 5.97 Å². The van der Waals surface area contributed by atoms with Crippen LogP contribution in [0.2, 0.25) is 0 Å². The number of carbonyl (C=O) groups is 1. The van der Waals surface area contributed by atoms with Crippen LogP contribution in [0.5, 0.6) is 0 Å². The third-order valence-electron chi connectivity index (χ3n) is 9.90. The molecular formula is C26H42O9. The summed E-state index contributed by atoms with van der Waals surface area (Å²) in [5.74, 6) is -0.183. The summed E-state index contributed by atoms with van der Waals surface area (Å²) in [5.41, 5.74) is -0.111. The van der Waals surface area contributed by atoms with E-state index in [9.17, 15) is 35.4 Å². The molecule has 4 rings (SSSR count). The Morgan fingerprint density at radius 3 is 2.46 bits per heavy atom. The lowest BCUT2D eigenvalue weighted by molar-refractivity contribution is -0.297. The zero-order valence-corrected chi connectivity index (χ0v) is 21.0. The standard InChI is InChI=1S/C26H42O9/c1-24(18(29)13-28)10-7-15-14(11-24)5-6-17-25(15,2)8-4-9-26(17,3)23(33)35-22-21(32)20(31)19(30)16(12-27)34-22/h11,15-22,27-32H,4-10,12-13H2,1-3H3/t15-,16-,17+,18+,19-,20+,21-,22-,24+,25+,26-/m1/s1. The van der Waals surface area contributed by atoms with E-state index < -0.39 is 60.2 Å². The third kappa shape index (κ3) is 4.37. The molecule has 4 aliphatic rings. The lowest BCUT2D eigenvalue weighted by Crippen LogP contribution is -2.61. The Bertz CT molecular complexity index is 830. The molecule has 9 heteroatoms. The average Bonchev–Trinajstić information content (AvgIpc) is 2.83. The molecule has 0 aromatic heterocycles. The molecule has 9 nitrogen and oxygen atoms in total. The van der Waals surface area contributed by atoms with Gasteiger partial charge in [0, 0.05) is 5.41 Å². The molecule has 1 aliphatic heterocycles. The Morgan fingerprint density at radius 1 is 1.09 bits per heavy atom. The minimum atomic E-state index is -1.62. The monoisotopic (exact) mass is 498 g/mol.